The number of aliphatic hydroxyl groups excluding tert-OH is 1. The molecule has 1 aliphatic rings. The van der Waals surface area contributed by atoms with Gasteiger partial charge in [-0.3, -0.25) is 9.88 Å². The van der Waals surface area contributed by atoms with Crippen molar-refractivity contribution in [3.63, 3.8) is 0 Å². The summed E-state index contributed by atoms with van der Waals surface area (Å²) in [6.45, 7) is 1.04. The van der Waals surface area contributed by atoms with E-state index >= 15 is 0 Å². The smallest absolute Gasteiger partial charge is 0.0744 e. The highest BCUT2D eigenvalue weighted by atomic mass is 32.2. The largest absolute Gasteiger partial charge is 0.398 e. The van der Waals surface area contributed by atoms with Gasteiger partial charge in [0.15, 0.2) is 0 Å². The predicted octanol–water partition coefficient (Wildman–Crippen LogP) is 0.614. The van der Waals surface area contributed by atoms with Crippen LogP contribution in [-0.2, 0) is 6.42 Å². The molecule has 0 bridgehead atoms. The predicted molar refractivity (Wildman–Crippen MR) is 72.1 cm³/mol. The molecule has 5 heteroatoms. The van der Waals surface area contributed by atoms with Crippen LogP contribution in [0.4, 0.5) is 5.69 Å². The molecule has 0 aliphatic carbocycles. The maximum Gasteiger partial charge on any atom is 0.0744 e. The molecule has 2 unspecified atom stereocenters. The zero-order valence-corrected chi connectivity index (χ0v) is 10.9. The summed E-state index contributed by atoms with van der Waals surface area (Å²) < 4.78 is 0. The second kappa shape index (κ2) is 5.71. The van der Waals surface area contributed by atoms with Gasteiger partial charge in [0.05, 0.1) is 6.10 Å². The van der Waals surface area contributed by atoms with Crippen molar-refractivity contribution < 1.29 is 5.11 Å². The van der Waals surface area contributed by atoms with Crippen LogP contribution in [0.15, 0.2) is 18.5 Å². The monoisotopic (exact) mass is 253 g/mol. The van der Waals surface area contributed by atoms with Gasteiger partial charge < -0.3 is 10.8 Å². The zero-order valence-electron chi connectivity index (χ0n) is 10.0. The van der Waals surface area contributed by atoms with Crippen molar-refractivity contribution >= 4 is 17.4 Å². The van der Waals surface area contributed by atoms with Crippen molar-refractivity contribution in [2.75, 3.05) is 30.8 Å². The zero-order chi connectivity index (χ0) is 12.3. The molecule has 0 aromatic carbocycles. The molecular formula is C12H19N3OS. The van der Waals surface area contributed by atoms with Crippen LogP contribution in [0.5, 0.6) is 0 Å². The lowest BCUT2D eigenvalue weighted by atomic mass is 10.0. The highest BCUT2D eigenvalue weighted by Crippen LogP contribution is 2.21. The molecule has 1 aliphatic heterocycles. The second-order valence-electron chi connectivity index (χ2n) is 4.47. The second-order valence-corrected chi connectivity index (χ2v) is 5.62. The molecule has 2 heterocycles. The third kappa shape index (κ3) is 3.12. The van der Waals surface area contributed by atoms with E-state index in [1.807, 2.05) is 11.8 Å². The van der Waals surface area contributed by atoms with Crippen LogP contribution < -0.4 is 5.73 Å². The number of nitrogen functional groups attached to an aromatic ring is 1. The van der Waals surface area contributed by atoms with E-state index in [-0.39, 0.29) is 12.1 Å². The molecule has 2 atom stereocenters. The number of thioether (sulfide) groups is 1. The third-order valence-electron chi connectivity index (χ3n) is 3.26. The van der Waals surface area contributed by atoms with Crippen molar-refractivity contribution in [1.82, 2.24) is 9.88 Å². The van der Waals surface area contributed by atoms with Gasteiger partial charge in [0.2, 0.25) is 0 Å². The first-order valence-corrected chi connectivity index (χ1v) is 6.98. The first-order valence-electron chi connectivity index (χ1n) is 5.83. The molecule has 3 N–H and O–H groups in total. The van der Waals surface area contributed by atoms with Crippen molar-refractivity contribution in [3.05, 3.63) is 24.0 Å². The SMILES string of the molecule is CN1CCSCC1C(O)Cc1cnccc1N. The van der Waals surface area contributed by atoms with Crippen LogP contribution in [0.2, 0.25) is 0 Å². The summed E-state index contributed by atoms with van der Waals surface area (Å²) in [5.74, 6) is 2.13. The summed E-state index contributed by atoms with van der Waals surface area (Å²) in [7, 11) is 2.07. The third-order valence-corrected chi connectivity index (χ3v) is 4.31. The molecule has 0 radical (unpaired) electrons. The molecule has 0 saturated carbocycles. The van der Waals surface area contributed by atoms with Gasteiger partial charge in [0.1, 0.15) is 0 Å². The molecule has 1 aromatic rings. The number of hydrogen-bond donors (Lipinski definition) is 2. The van der Waals surface area contributed by atoms with Crippen molar-refractivity contribution in [1.29, 1.82) is 0 Å². The Morgan fingerprint density at radius 3 is 3.24 bits per heavy atom. The first-order chi connectivity index (χ1) is 8.18. The van der Waals surface area contributed by atoms with E-state index in [2.05, 4.69) is 16.9 Å². The molecule has 94 valence electrons. The minimum atomic E-state index is -0.376. The van der Waals surface area contributed by atoms with E-state index in [0.29, 0.717) is 12.1 Å². The topological polar surface area (TPSA) is 62.4 Å². The lowest BCUT2D eigenvalue weighted by molar-refractivity contribution is 0.0764. The van der Waals surface area contributed by atoms with Gasteiger partial charge in [-0.05, 0) is 18.7 Å². The number of aliphatic hydroxyl groups is 1. The molecule has 2 rings (SSSR count). The van der Waals surface area contributed by atoms with E-state index < -0.39 is 0 Å². The van der Waals surface area contributed by atoms with Gasteiger partial charge in [0, 0.05) is 48.6 Å². The van der Waals surface area contributed by atoms with Crippen molar-refractivity contribution in [3.8, 4) is 0 Å². The van der Waals surface area contributed by atoms with Crippen LogP contribution in [0.25, 0.3) is 0 Å². The maximum absolute atomic E-state index is 10.3. The average Bonchev–Trinajstić information content (AvgIpc) is 2.32. The molecule has 1 fully saturated rings. The Kier molecular flexibility index (Phi) is 4.25. The molecule has 4 nitrogen and oxygen atoms in total. The minimum absolute atomic E-state index is 0.216. The lowest BCUT2D eigenvalue weighted by Gasteiger charge is -2.35. The molecular weight excluding hydrogens is 234 g/mol. The number of pyridine rings is 1. The number of aromatic nitrogens is 1. The first kappa shape index (κ1) is 12.7. The van der Waals surface area contributed by atoms with Gasteiger partial charge in [-0.2, -0.15) is 11.8 Å². The van der Waals surface area contributed by atoms with Gasteiger partial charge in [-0.1, -0.05) is 0 Å². The summed E-state index contributed by atoms with van der Waals surface area (Å²) in [5, 5.41) is 10.3. The van der Waals surface area contributed by atoms with E-state index in [9.17, 15) is 5.11 Å². The molecule has 1 saturated heterocycles. The number of likely N-dealkylation sites (N-methyl/N-ethyl adjacent to an activating group) is 1. The Hall–Kier alpha value is -0.780. The molecule has 17 heavy (non-hydrogen) atoms. The van der Waals surface area contributed by atoms with Gasteiger partial charge in [-0.25, -0.2) is 0 Å². The van der Waals surface area contributed by atoms with Gasteiger partial charge in [-0.15, -0.1) is 0 Å². The minimum Gasteiger partial charge on any atom is -0.398 e. The molecule has 0 amide bonds. The maximum atomic E-state index is 10.3. The molecule has 0 spiro atoms. The Bertz CT molecular complexity index is 375. The normalized spacial score (nSPS) is 23.5. The molecule has 1 aromatic heterocycles. The number of nitrogens with zero attached hydrogens (tertiary/aromatic N) is 2. The Morgan fingerprint density at radius 1 is 1.71 bits per heavy atom. The fourth-order valence-corrected chi connectivity index (χ4v) is 3.38. The summed E-state index contributed by atoms with van der Waals surface area (Å²) in [6.07, 6.45) is 3.62. The fourth-order valence-electron chi connectivity index (χ4n) is 2.08. The summed E-state index contributed by atoms with van der Waals surface area (Å²) in [5.41, 5.74) is 7.51. The standard InChI is InChI=1S/C12H19N3OS/c1-15-4-5-17-8-11(15)12(16)6-9-7-14-3-2-10(9)13/h2-3,7,11-12,16H,4-6,8H2,1H3,(H2,13,14). The Labute approximate surface area is 106 Å². The summed E-state index contributed by atoms with van der Waals surface area (Å²) in [4.78, 5) is 6.28. The van der Waals surface area contributed by atoms with Crippen LogP contribution in [0.1, 0.15) is 5.56 Å². The number of rotatable bonds is 3. The highest BCUT2D eigenvalue weighted by molar-refractivity contribution is 7.99. The Morgan fingerprint density at radius 2 is 2.53 bits per heavy atom. The Balaban J connectivity index is 2.01. The highest BCUT2D eigenvalue weighted by Gasteiger charge is 2.26. The number of anilines is 1. The lowest BCUT2D eigenvalue weighted by Crippen LogP contribution is -2.47. The van der Waals surface area contributed by atoms with Gasteiger partial charge >= 0.3 is 0 Å². The van der Waals surface area contributed by atoms with E-state index in [4.69, 9.17) is 5.73 Å². The van der Waals surface area contributed by atoms with E-state index in [1.54, 1.807) is 18.5 Å². The van der Waals surface area contributed by atoms with Crippen LogP contribution in [0, 0.1) is 0 Å². The van der Waals surface area contributed by atoms with Crippen LogP contribution >= 0.6 is 11.8 Å². The quantitative estimate of drug-likeness (QED) is 0.826. The van der Waals surface area contributed by atoms with Crippen LogP contribution in [0.3, 0.4) is 0 Å². The van der Waals surface area contributed by atoms with E-state index in [1.165, 1.54) is 0 Å². The van der Waals surface area contributed by atoms with Crippen molar-refractivity contribution in [2.24, 2.45) is 0 Å². The summed E-state index contributed by atoms with van der Waals surface area (Å²) >= 11 is 1.90. The summed E-state index contributed by atoms with van der Waals surface area (Å²) in [6, 6.07) is 2.00. The number of nitrogens with two attached hydrogens (primary N) is 1. The van der Waals surface area contributed by atoms with E-state index in [0.717, 1.165) is 23.6 Å². The van der Waals surface area contributed by atoms with Crippen molar-refractivity contribution in [2.45, 2.75) is 18.6 Å². The fraction of sp³-hybridized carbons (Fsp3) is 0.583. The number of hydrogen-bond acceptors (Lipinski definition) is 5. The van der Waals surface area contributed by atoms with Gasteiger partial charge in [0.25, 0.3) is 0 Å². The average molecular weight is 253 g/mol. The van der Waals surface area contributed by atoms with Crippen LogP contribution in [-0.4, -0.2) is 52.2 Å².